The standard InChI is InChI=1S/C8H9FO4/c1-13-7(10)6-3-2-5(9)4-8(6,11)12/h2-4,6,11-12H,1H3. The van der Waals surface area contributed by atoms with E-state index in [1.165, 1.54) is 0 Å². The molecule has 0 radical (unpaired) electrons. The molecule has 1 rings (SSSR count). The van der Waals surface area contributed by atoms with Crippen molar-refractivity contribution in [1.82, 2.24) is 0 Å². The monoisotopic (exact) mass is 188 g/mol. The van der Waals surface area contributed by atoms with Crippen LogP contribution in [0.15, 0.2) is 24.1 Å². The number of allylic oxidation sites excluding steroid dienone is 2. The zero-order chi connectivity index (χ0) is 10.1. The van der Waals surface area contributed by atoms with E-state index in [0.717, 1.165) is 19.3 Å². The summed E-state index contributed by atoms with van der Waals surface area (Å²) in [5.41, 5.74) is 0. The summed E-state index contributed by atoms with van der Waals surface area (Å²) in [6.07, 6.45) is 2.57. The molecule has 5 heteroatoms. The van der Waals surface area contributed by atoms with Crippen LogP contribution in [0.5, 0.6) is 0 Å². The van der Waals surface area contributed by atoms with Crippen LogP contribution in [-0.2, 0) is 9.53 Å². The Bertz CT molecular complexity index is 280. The zero-order valence-electron chi connectivity index (χ0n) is 6.90. The Hall–Kier alpha value is -1.20. The Balaban J connectivity index is 2.91. The normalized spacial score (nSPS) is 25.2. The molecule has 0 bridgehead atoms. The van der Waals surface area contributed by atoms with Gasteiger partial charge in [-0.05, 0) is 6.08 Å². The van der Waals surface area contributed by atoms with E-state index in [1.807, 2.05) is 0 Å². The first-order chi connectivity index (χ1) is 5.97. The van der Waals surface area contributed by atoms with Gasteiger partial charge < -0.3 is 14.9 Å². The lowest BCUT2D eigenvalue weighted by Gasteiger charge is -2.26. The van der Waals surface area contributed by atoms with E-state index in [4.69, 9.17) is 0 Å². The SMILES string of the molecule is COC(=O)C1C=CC(F)=CC1(O)O. The Morgan fingerprint density at radius 2 is 2.31 bits per heavy atom. The molecule has 0 saturated carbocycles. The number of hydrogen-bond donors (Lipinski definition) is 2. The zero-order valence-corrected chi connectivity index (χ0v) is 6.90. The summed E-state index contributed by atoms with van der Waals surface area (Å²) in [5.74, 6) is -5.42. The maximum atomic E-state index is 12.5. The molecule has 2 N–H and O–H groups in total. The van der Waals surface area contributed by atoms with E-state index in [1.54, 1.807) is 0 Å². The maximum absolute atomic E-state index is 12.5. The van der Waals surface area contributed by atoms with Crippen molar-refractivity contribution in [2.45, 2.75) is 5.79 Å². The second-order valence-corrected chi connectivity index (χ2v) is 2.67. The van der Waals surface area contributed by atoms with Gasteiger partial charge in [0.1, 0.15) is 11.7 Å². The van der Waals surface area contributed by atoms with Crippen LogP contribution in [-0.4, -0.2) is 29.1 Å². The minimum Gasteiger partial charge on any atom is -0.468 e. The second kappa shape index (κ2) is 3.27. The van der Waals surface area contributed by atoms with Crippen LogP contribution in [0.25, 0.3) is 0 Å². The average molecular weight is 188 g/mol. The fourth-order valence-corrected chi connectivity index (χ4v) is 1.05. The van der Waals surface area contributed by atoms with Gasteiger partial charge in [0.2, 0.25) is 5.79 Å². The predicted molar refractivity (Wildman–Crippen MR) is 41.0 cm³/mol. The highest BCUT2D eigenvalue weighted by Gasteiger charge is 2.39. The number of carbonyl (C=O) groups excluding carboxylic acids is 1. The maximum Gasteiger partial charge on any atom is 0.318 e. The van der Waals surface area contributed by atoms with E-state index >= 15 is 0 Å². The average Bonchev–Trinajstić information content (AvgIpc) is 2.01. The van der Waals surface area contributed by atoms with Gasteiger partial charge in [0.15, 0.2) is 0 Å². The van der Waals surface area contributed by atoms with Gasteiger partial charge in [-0.3, -0.25) is 4.79 Å². The first-order valence-electron chi connectivity index (χ1n) is 3.56. The summed E-state index contributed by atoms with van der Waals surface area (Å²) < 4.78 is 16.8. The van der Waals surface area contributed by atoms with Gasteiger partial charge in [0.25, 0.3) is 0 Å². The summed E-state index contributed by atoms with van der Waals surface area (Å²) in [4.78, 5) is 10.9. The molecule has 0 aliphatic heterocycles. The lowest BCUT2D eigenvalue weighted by atomic mass is 9.94. The first-order valence-corrected chi connectivity index (χ1v) is 3.56. The molecule has 0 amide bonds. The van der Waals surface area contributed by atoms with Crippen molar-refractivity contribution in [3.8, 4) is 0 Å². The van der Waals surface area contributed by atoms with Gasteiger partial charge >= 0.3 is 5.97 Å². The largest absolute Gasteiger partial charge is 0.468 e. The lowest BCUT2D eigenvalue weighted by molar-refractivity contribution is -0.179. The van der Waals surface area contributed by atoms with Crippen LogP contribution in [0.2, 0.25) is 0 Å². The van der Waals surface area contributed by atoms with Crippen LogP contribution in [0.1, 0.15) is 0 Å². The van der Waals surface area contributed by atoms with Gasteiger partial charge in [-0.1, -0.05) is 6.08 Å². The van der Waals surface area contributed by atoms with E-state index < -0.39 is 23.5 Å². The van der Waals surface area contributed by atoms with Crippen LogP contribution in [0.4, 0.5) is 4.39 Å². The van der Waals surface area contributed by atoms with Crippen molar-refractivity contribution in [1.29, 1.82) is 0 Å². The minimum absolute atomic E-state index is 0.550. The molecule has 0 spiro atoms. The molecule has 0 fully saturated rings. The Morgan fingerprint density at radius 3 is 2.77 bits per heavy atom. The number of hydrogen-bond acceptors (Lipinski definition) is 4. The van der Waals surface area contributed by atoms with Crippen LogP contribution >= 0.6 is 0 Å². The molecule has 4 nitrogen and oxygen atoms in total. The molecule has 0 aromatic carbocycles. The highest BCUT2D eigenvalue weighted by molar-refractivity contribution is 5.76. The number of methoxy groups -OCH3 is 1. The third kappa shape index (κ3) is 1.93. The van der Waals surface area contributed by atoms with E-state index in [9.17, 15) is 19.4 Å². The molecular formula is C8H9FO4. The molecule has 0 aromatic heterocycles. The Labute approximate surface area is 73.9 Å². The molecule has 0 saturated heterocycles. The van der Waals surface area contributed by atoms with Crippen molar-refractivity contribution in [3.63, 3.8) is 0 Å². The van der Waals surface area contributed by atoms with Crippen molar-refractivity contribution in [2.24, 2.45) is 5.92 Å². The van der Waals surface area contributed by atoms with Gasteiger partial charge in [0, 0.05) is 6.08 Å². The second-order valence-electron chi connectivity index (χ2n) is 2.67. The third-order valence-corrected chi connectivity index (χ3v) is 1.71. The fourth-order valence-electron chi connectivity index (χ4n) is 1.05. The molecule has 1 aliphatic rings. The van der Waals surface area contributed by atoms with E-state index in [2.05, 4.69) is 4.74 Å². The molecule has 0 heterocycles. The van der Waals surface area contributed by atoms with Crippen LogP contribution in [0, 0.1) is 5.92 Å². The number of ether oxygens (including phenoxy) is 1. The van der Waals surface area contributed by atoms with Gasteiger partial charge in [0.05, 0.1) is 7.11 Å². The fraction of sp³-hybridized carbons (Fsp3) is 0.375. The first kappa shape index (κ1) is 9.88. The van der Waals surface area contributed by atoms with Crippen LogP contribution < -0.4 is 0 Å². The summed E-state index contributed by atoms with van der Waals surface area (Å²) in [6.45, 7) is 0. The van der Waals surface area contributed by atoms with Gasteiger partial charge in [-0.2, -0.15) is 0 Å². The number of carbonyl (C=O) groups is 1. The minimum atomic E-state index is -2.51. The number of rotatable bonds is 1. The Morgan fingerprint density at radius 1 is 1.69 bits per heavy atom. The smallest absolute Gasteiger partial charge is 0.318 e. The van der Waals surface area contributed by atoms with Crippen molar-refractivity contribution < 1.29 is 24.1 Å². The summed E-state index contributed by atoms with van der Waals surface area (Å²) in [6, 6.07) is 0. The number of aliphatic hydroxyl groups is 2. The molecular weight excluding hydrogens is 179 g/mol. The van der Waals surface area contributed by atoms with Crippen molar-refractivity contribution >= 4 is 5.97 Å². The summed E-state index contributed by atoms with van der Waals surface area (Å²) in [7, 11) is 1.11. The van der Waals surface area contributed by atoms with Crippen LogP contribution in [0.3, 0.4) is 0 Å². The molecule has 1 atom stereocenters. The van der Waals surface area contributed by atoms with Crippen molar-refractivity contribution in [2.75, 3.05) is 7.11 Å². The molecule has 1 aliphatic carbocycles. The molecule has 1 unspecified atom stereocenters. The topological polar surface area (TPSA) is 66.8 Å². The molecule has 72 valence electrons. The quantitative estimate of drug-likeness (QED) is 0.444. The van der Waals surface area contributed by atoms with E-state index in [-0.39, 0.29) is 0 Å². The van der Waals surface area contributed by atoms with E-state index in [0.29, 0.717) is 6.08 Å². The van der Waals surface area contributed by atoms with Crippen molar-refractivity contribution in [3.05, 3.63) is 24.1 Å². The third-order valence-electron chi connectivity index (χ3n) is 1.71. The highest BCUT2D eigenvalue weighted by Crippen LogP contribution is 2.26. The van der Waals surface area contributed by atoms with Gasteiger partial charge in [-0.15, -0.1) is 0 Å². The lowest BCUT2D eigenvalue weighted by Crippen LogP contribution is -2.41. The number of esters is 1. The summed E-state index contributed by atoms with van der Waals surface area (Å²) >= 11 is 0. The predicted octanol–water partition coefficient (Wildman–Crippen LogP) is -0.120. The summed E-state index contributed by atoms with van der Waals surface area (Å²) in [5, 5.41) is 18.4. The molecule has 0 aromatic rings. The Kier molecular flexibility index (Phi) is 2.49. The number of halogens is 1. The highest BCUT2D eigenvalue weighted by atomic mass is 19.1. The molecule has 13 heavy (non-hydrogen) atoms. The van der Waals surface area contributed by atoms with Gasteiger partial charge in [-0.25, -0.2) is 4.39 Å².